The maximum Gasteiger partial charge on any atom is 0.288 e. The molecular formula is C10H6FN3O. The van der Waals surface area contributed by atoms with Crippen LogP contribution in [0.2, 0.25) is 0 Å². The van der Waals surface area contributed by atoms with Gasteiger partial charge in [0.2, 0.25) is 0 Å². The first-order valence-corrected chi connectivity index (χ1v) is 4.40. The molecule has 2 aromatic heterocycles. The number of H-pyrrole nitrogens is 1. The van der Waals surface area contributed by atoms with Gasteiger partial charge in [0.1, 0.15) is 17.7 Å². The van der Waals surface area contributed by atoms with Gasteiger partial charge in [-0.15, -0.1) is 0 Å². The normalized spacial score (nSPS) is 11.3. The molecule has 0 aliphatic heterocycles. The van der Waals surface area contributed by atoms with E-state index in [4.69, 9.17) is 0 Å². The largest absolute Gasteiger partial charge is 0.294 e. The Morgan fingerprint density at radius 3 is 3.00 bits per heavy atom. The lowest BCUT2D eigenvalue weighted by Gasteiger charge is -1.94. The Labute approximate surface area is 83.0 Å². The summed E-state index contributed by atoms with van der Waals surface area (Å²) in [5.41, 5.74) is 0.949. The zero-order valence-corrected chi connectivity index (χ0v) is 7.57. The van der Waals surface area contributed by atoms with Gasteiger partial charge in [0.25, 0.3) is 5.56 Å². The van der Waals surface area contributed by atoms with Crippen molar-refractivity contribution in [3.63, 3.8) is 0 Å². The number of hydrogen-bond acceptors (Lipinski definition) is 2. The van der Waals surface area contributed by atoms with Crippen molar-refractivity contribution in [3.05, 3.63) is 46.8 Å². The van der Waals surface area contributed by atoms with Crippen molar-refractivity contribution in [3.8, 4) is 0 Å². The van der Waals surface area contributed by atoms with Gasteiger partial charge in [-0.05, 0) is 24.3 Å². The highest BCUT2D eigenvalue weighted by atomic mass is 19.1. The van der Waals surface area contributed by atoms with Crippen molar-refractivity contribution in [1.82, 2.24) is 14.6 Å². The molecule has 15 heavy (non-hydrogen) atoms. The smallest absolute Gasteiger partial charge is 0.288 e. The molecule has 0 aliphatic carbocycles. The number of nitrogens with one attached hydrogen (secondary N) is 1. The molecule has 0 fully saturated rings. The molecule has 4 nitrogen and oxygen atoms in total. The van der Waals surface area contributed by atoms with Gasteiger partial charge in [-0.25, -0.2) is 9.49 Å². The molecule has 0 bridgehead atoms. The number of aromatic amines is 1. The Balaban J connectivity index is 2.63. The van der Waals surface area contributed by atoms with E-state index in [0.717, 1.165) is 5.52 Å². The number of rotatable bonds is 0. The van der Waals surface area contributed by atoms with Crippen LogP contribution in [0.25, 0.3) is 16.4 Å². The SMILES string of the molecule is O=c1[nH]ncn2c1cc1cc(F)ccc12. The Kier molecular flexibility index (Phi) is 1.45. The zero-order valence-electron chi connectivity index (χ0n) is 7.57. The monoisotopic (exact) mass is 203 g/mol. The second-order valence-corrected chi connectivity index (χ2v) is 3.29. The van der Waals surface area contributed by atoms with Gasteiger partial charge in [0, 0.05) is 5.39 Å². The van der Waals surface area contributed by atoms with E-state index < -0.39 is 0 Å². The summed E-state index contributed by atoms with van der Waals surface area (Å²) < 4.78 is 14.6. The number of benzene rings is 1. The van der Waals surface area contributed by atoms with E-state index in [1.165, 1.54) is 18.5 Å². The molecule has 0 saturated heterocycles. The fraction of sp³-hybridized carbons (Fsp3) is 0. The Morgan fingerprint density at radius 2 is 2.13 bits per heavy atom. The average Bonchev–Trinajstić information content (AvgIpc) is 2.57. The van der Waals surface area contributed by atoms with Crippen LogP contribution in [0, 0.1) is 5.82 Å². The van der Waals surface area contributed by atoms with E-state index >= 15 is 0 Å². The number of halogens is 1. The van der Waals surface area contributed by atoms with E-state index in [1.54, 1.807) is 16.5 Å². The molecule has 0 spiro atoms. The van der Waals surface area contributed by atoms with Crippen LogP contribution in [0.5, 0.6) is 0 Å². The van der Waals surface area contributed by atoms with Crippen LogP contribution < -0.4 is 5.56 Å². The lowest BCUT2D eigenvalue weighted by atomic mass is 10.2. The molecule has 0 amide bonds. The van der Waals surface area contributed by atoms with Gasteiger partial charge in [0.15, 0.2) is 0 Å². The minimum Gasteiger partial charge on any atom is -0.294 e. The minimum atomic E-state index is -0.317. The number of hydrogen-bond donors (Lipinski definition) is 1. The van der Waals surface area contributed by atoms with Gasteiger partial charge in [-0.2, -0.15) is 5.10 Å². The number of aromatic nitrogens is 3. The van der Waals surface area contributed by atoms with Crippen LogP contribution >= 0.6 is 0 Å². The molecule has 0 unspecified atom stereocenters. The van der Waals surface area contributed by atoms with Crippen LogP contribution in [-0.2, 0) is 0 Å². The number of nitrogens with zero attached hydrogens (tertiary/aromatic N) is 2. The Morgan fingerprint density at radius 1 is 1.27 bits per heavy atom. The molecule has 0 aliphatic rings. The summed E-state index contributed by atoms with van der Waals surface area (Å²) >= 11 is 0. The predicted octanol–water partition coefficient (Wildman–Crippen LogP) is 1.31. The van der Waals surface area contributed by atoms with Crippen LogP contribution in [0.4, 0.5) is 4.39 Å². The van der Waals surface area contributed by atoms with Crippen LogP contribution in [-0.4, -0.2) is 14.6 Å². The maximum atomic E-state index is 13.0. The fourth-order valence-electron chi connectivity index (χ4n) is 1.71. The molecule has 2 heterocycles. The maximum absolute atomic E-state index is 13.0. The molecule has 0 atom stereocenters. The summed E-state index contributed by atoms with van der Waals surface area (Å²) in [4.78, 5) is 11.4. The van der Waals surface area contributed by atoms with Gasteiger partial charge in [0.05, 0.1) is 5.52 Å². The Bertz CT molecular complexity index is 713. The highest BCUT2D eigenvalue weighted by Gasteiger charge is 2.05. The van der Waals surface area contributed by atoms with Gasteiger partial charge in [-0.3, -0.25) is 9.20 Å². The van der Waals surface area contributed by atoms with E-state index in [2.05, 4.69) is 10.2 Å². The van der Waals surface area contributed by atoms with Crippen molar-refractivity contribution in [2.24, 2.45) is 0 Å². The lowest BCUT2D eigenvalue weighted by Crippen LogP contribution is -2.09. The molecule has 5 heteroatoms. The summed E-state index contributed by atoms with van der Waals surface area (Å²) in [5.74, 6) is -0.317. The standard InChI is InChI=1S/C10H6FN3O/c11-7-1-2-8-6(3-7)4-9-10(15)13-12-5-14(8)9/h1-5H,(H,13,15). The minimum absolute atomic E-state index is 0.283. The molecule has 0 radical (unpaired) electrons. The van der Waals surface area contributed by atoms with Crippen LogP contribution in [0.3, 0.4) is 0 Å². The predicted molar refractivity (Wildman–Crippen MR) is 53.3 cm³/mol. The fourth-order valence-corrected chi connectivity index (χ4v) is 1.71. The third-order valence-electron chi connectivity index (χ3n) is 2.37. The van der Waals surface area contributed by atoms with Gasteiger partial charge in [-0.1, -0.05) is 0 Å². The van der Waals surface area contributed by atoms with Crippen molar-refractivity contribution < 1.29 is 4.39 Å². The Hall–Kier alpha value is -2.17. The molecule has 3 aromatic rings. The van der Waals surface area contributed by atoms with Crippen LogP contribution in [0.15, 0.2) is 35.4 Å². The van der Waals surface area contributed by atoms with Gasteiger partial charge >= 0.3 is 0 Å². The quantitative estimate of drug-likeness (QED) is 0.599. The summed E-state index contributed by atoms with van der Waals surface area (Å²) in [6.45, 7) is 0. The second kappa shape index (κ2) is 2.66. The molecule has 3 rings (SSSR count). The molecule has 1 aromatic carbocycles. The second-order valence-electron chi connectivity index (χ2n) is 3.29. The highest BCUT2D eigenvalue weighted by molar-refractivity contribution is 5.86. The molecule has 0 saturated carbocycles. The van der Waals surface area contributed by atoms with E-state index in [1.807, 2.05) is 0 Å². The van der Waals surface area contributed by atoms with Crippen molar-refractivity contribution in [2.75, 3.05) is 0 Å². The third-order valence-corrected chi connectivity index (χ3v) is 2.37. The van der Waals surface area contributed by atoms with Crippen molar-refractivity contribution >= 4 is 16.4 Å². The lowest BCUT2D eigenvalue weighted by molar-refractivity contribution is 0.629. The third kappa shape index (κ3) is 1.06. The topological polar surface area (TPSA) is 50.2 Å². The summed E-state index contributed by atoms with van der Waals surface area (Å²) in [7, 11) is 0. The first-order chi connectivity index (χ1) is 7.25. The van der Waals surface area contributed by atoms with E-state index in [9.17, 15) is 9.18 Å². The molecule has 1 N–H and O–H groups in total. The van der Waals surface area contributed by atoms with Crippen molar-refractivity contribution in [2.45, 2.75) is 0 Å². The number of fused-ring (bicyclic) bond motifs is 3. The van der Waals surface area contributed by atoms with E-state index in [0.29, 0.717) is 10.9 Å². The summed E-state index contributed by atoms with van der Waals surface area (Å²) in [6.07, 6.45) is 1.50. The first kappa shape index (κ1) is 8.16. The average molecular weight is 203 g/mol. The first-order valence-electron chi connectivity index (χ1n) is 4.40. The summed E-state index contributed by atoms with van der Waals surface area (Å²) in [5, 5.41) is 6.71. The zero-order chi connectivity index (χ0) is 10.4. The van der Waals surface area contributed by atoms with Gasteiger partial charge < -0.3 is 0 Å². The highest BCUT2D eigenvalue weighted by Crippen LogP contribution is 2.18. The summed E-state index contributed by atoms with van der Waals surface area (Å²) in [6, 6.07) is 6.01. The molecular weight excluding hydrogens is 197 g/mol. The van der Waals surface area contributed by atoms with Crippen molar-refractivity contribution in [1.29, 1.82) is 0 Å². The van der Waals surface area contributed by atoms with Crippen LogP contribution in [0.1, 0.15) is 0 Å². The molecule has 74 valence electrons. The van der Waals surface area contributed by atoms with E-state index in [-0.39, 0.29) is 11.4 Å².